The van der Waals surface area contributed by atoms with Gasteiger partial charge in [0.15, 0.2) is 17.5 Å². The van der Waals surface area contributed by atoms with E-state index in [-0.39, 0.29) is 0 Å². The van der Waals surface area contributed by atoms with Gasteiger partial charge < -0.3 is 8.98 Å². The SMILES string of the molecule is c1ccc(-n2c3ccccc3c3c(-c4nc(-c5ccc(-c6cccc7oc8cc9ccccc9cc8c67)cc5)nc(-c5cccc6ccccc56)n4)cccc32)cc1. The van der Waals surface area contributed by atoms with Crippen LogP contribution in [0.15, 0.2) is 199 Å². The number of rotatable bonds is 5. The molecule has 0 aliphatic carbocycles. The van der Waals surface area contributed by atoms with Crippen LogP contribution in [0.1, 0.15) is 0 Å². The van der Waals surface area contributed by atoms with Gasteiger partial charge >= 0.3 is 0 Å². The van der Waals surface area contributed by atoms with Crippen LogP contribution >= 0.6 is 0 Å². The molecule has 0 amide bonds. The highest BCUT2D eigenvalue weighted by atomic mass is 16.3. The molecule has 0 aliphatic heterocycles. The first-order valence-electron chi connectivity index (χ1n) is 19.5. The summed E-state index contributed by atoms with van der Waals surface area (Å²) in [6, 6.07) is 67.9. The number of benzene rings is 9. The average molecular weight is 741 g/mol. The van der Waals surface area contributed by atoms with Crippen molar-refractivity contribution in [2.75, 3.05) is 0 Å². The van der Waals surface area contributed by atoms with Crippen molar-refractivity contribution in [3.63, 3.8) is 0 Å². The molecule has 0 saturated heterocycles. The standard InChI is InChI=1S/C53H32N4O/c1-2-17-38(18-3-1)57-45-24-9-8-20-42(45)49-43(23-11-25-46(49)57)53-55-51(54-52(56-53)41-22-10-16-33-13-6-7-19-39(33)41)35-29-27-34(28-30-35)40-21-12-26-47-50(40)44-31-36-14-4-5-15-37(36)32-48(44)58-47/h1-32H. The van der Waals surface area contributed by atoms with Gasteiger partial charge in [0, 0.05) is 43.9 Å². The first-order chi connectivity index (χ1) is 28.7. The van der Waals surface area contributed by atoms with Crippen molar-refractivity contribution in [3.05, 3.63) is 194 Å². The van der Waals surface area contributed by atoms with E-state index < -0.39 is 0 Å². The van der Waals surface area contributed by atoms with E-state index in [0.29, 0.717) is 17.5 Å². The highest BCUT2D eigenvalue weighted by molar-refractivity contribution is 6.16. The van der Waals surface area contributed by atoms with E-state index in [9.17, 15) is 0 Å². The van der Waals surface area contributed by atoms with Crippen molar-refractivity contribution in [1.29, 1.82) is 0 Å². The van der Waals surface area contributed by atoms with Crippen molar-refractivity contribution < 1.29 is 4.42 Å². The third-order valence-electron chi connectivity index (χ3n) is 11.4. The Morgan fingerprint density at radius 2 is 0.931 bits per heavy atom. The lowest BCUT2D eigenvalue weighted by Gasteiger charge is -2.12. The minimum absolute atomic E-state index is 0.613. The molecule has 0 N–H and O–H groups in total. The number of hydrogen-bond acceptors (Lipinski definition) is 4. The van der Waals surface area contributed by atoms with Crippen LogP contribution in [0.25, 0.3) is 116 Å². The molecule has 9 aromatic carbocycles. The monoisotopic (exact) mass is 740 g/mol. The Bertz CT molecular complexity index is 3560. The van der Waals surface area contributed by atoms with Gasteiger partial charge in [-0.25, -0.2) is 15.0 Å². The minimum Gasteiger partial charge on any atom is -0.456 e. The van der Waals surface area contributed by atoms with E-state index >= 15 is 0 Å². The first kappa shape index (κ1) is 32.4. The van der Waals surface area contributed by atoms with Crippen molar-refractivity contribution in [2.45, 2.75) is 0 Å². The summed E-state index contributed by atoms with van der Waals surface area (Å²) in [6.07, 6.45) is 0. The summed E-state index contributed by atoms with van der Waals surface area (Å²) in [5.74, 6) is 1.87. The van der Waals surface area contributed by atoms with Gasteiger partial charge in [-0.1, -0.05) is 152 Å². The van der Waals surface area contributed by atoms with Crippen LogP contribution in [0.5, 0.6) is 0 Å². The Balaban J connectivity index is 1.06. The molecule has 0 unspecified atom stereocenters. The zero-order valence-corrected chi connectivity index (χ0v) is 31.2. The second-order valence-electron chi connectivity index (χ2n) is 14.8. The fourth-order valence-corrected chi connectivity index (χ4v) is 8.78. The largest absolute Gasteiger partial charge is 0.456 e. The van der Waals surface area contributed by atoms with Crippen LogP contribution < -0.4 is 0 Å². The van der Waals surface area contributed by atoms with Crippen LogP contribution in [-0.4, -0.2) is 19.5 Å². The molecule has 5 nitrogen and oxygen atoms in total. The Hall–Kier alpha value is -7.89. The molecular weight excluding hydrogens is 709 g/mol. The number of para-hydroxylation sites is 2. The quantitative estimate of drug-likeness (QED) is 0.176. The molecule has 5 heteroatoms. The third-order valence-corrected chi connectivity index (χ3v) is 11.4. The molecule has 0 saturated carbocycles. The van der Waals surface area contributed by atoms with Crippen molar-refractivity contribution in [2.24, 2.45) is 0 Å². The molecule has 58 heavy (non-hydrogen) atoms. The molecule has 0 spiro atoms. The molecule has 3 heterocycles. The fraction of sp³-hybridized carbons (Fsp3) is 0. The maximum atomic E-state index is 6.41. The molecule has 0 fully saturated rings. The Kier molecular flexibility index (Phi) is 7.16. The molecule has 0 bridgehead atoms. The predicted octanol–water partition coefficient (Wildman–Crippen LogP) is 13.8. The normalized spacial score (nSPS) is 11.8. The lowest BCUT2D eigenvalue weighted by atomic mass is 9.97. The van der Waals surface area contributed by atoms with Crippen LogP contribution in [-0.2, 0) is 0 Å². The van der Waals surface area contributed by atoms with Crippen molar-refractivity contribution in [1.82, 2.24) is 19.5 Å². The number of aromatic nitrogens is 4. The summed E-state index contributed by atoms with van der Waals surface area (Å²) in [7, 11) is 0. The molecule has 12 rings (SSSR count). The molecule has 0 aliphatic rings. The smallest absolute Gasteiger partial charge is 0.164 e. The lowest BCUT2D eigenvalue weighted by Crippen LogP contribution is -2.01. The highest BCUT2D eigenvalue weighted by Gasteiger charge is 2.21. The number of hydrogen-bond donors (Lipinski definition) is 0. The molecule has 0 radical (unpaired) electrons. The minimum atomic E-state index is 0.613. The maximum Gasteiger partial charge on any atom is 0.164 e. The first-order valence-corrected chi connectivity index (χ1v) is 19.5. The van der Waals surface area contributed by atoms with Gasteiger partial charge in [-0.05, 0) is 75.1 Å². The Labute approximate surface area is 333 Å². The fourth-order valence-electron chi connectivity index (χ4n) is 8.78. The van der Waals surface area contributed by atoms with Crippen molar-refractivity contribution in [3.8, 4) is 51.0 Å². The van der Waals surface area contributed by atoms with Gasteiger partial charge in [0.25, 0.3) is 0 Å². The topological polar surface area (TPSA) is 56.7 Å². The van der Waals surface area contributed by atoms with E-state index in [1.165, 1.54) is 5.39 Å². The summed E-state index contributed by atoms with van der Waals surface area (Å²) in [5, 5.41) is 9.05. The van der Waals surface area contributed by atoms with E-state index in [2.05, 4.69) is 199 Å². The second-order valence-corrected chi connectivity index (χ2v) is 14.8. The Morgan fingerprint density at radius 3 is 1.78 bits per heavy atom. The molecule has 270 valence electrons. The summed E-state index contributed by atoms with van der Waals surface area (Å²) < 4.78 is 8.74. The number of nitrogens with zero attached hydrogens (tertiary/aromatic N) is 4. The van der Waals surface area contributed by atoms with Crippen LogP contribution in [0.3, 0.4) is 0 Å². The van der Waals surface area contributed by atoms with Crippen LogP contribution in [0.2, 0.25) is 0 Å². The zero-order valence-electron chi connectivity index (χ0n) is 31.2. The predicted molar refractivity (Wildman–Crippen MR) is 238 cm³/mol. The summed E-state index contributed by atoms with van der Waals surface area (Å²) in [4.78, 5) is 15.8. The summed E-state index contributed by atoms with van der Waals surface area (Å²) in [5.41, 5.74) is 10.1. The number of furan rings is 1. The van der Waals surface area contributed by atoms with Crippen molar-refractivity contribution >= 4 is 65.3 Å². The van der Waals surface area contributed by atoms with Gasteiger partial charge in [0.2, 0.25) is 0 Å². The maximum absolute atomic E-state index is 6.41. The van der Waals surface area contributed by atoms with E-state index in [1.54, 1.807) is 0 Å². The zero-order chi connectivity index (χ0) is 38.2. The summed E-state index contributed by atoms with van der Waals surface area (Å²) >= 11 is 0. The third kappa shape index (κ3) is 5.07. The van der Waals surface area contributed by atoms with E-state index in [0.717, 1.165) is 93.4 Å². The van der Waals surface area contributed by atoms with Crippen LogP contribution in [0.4, 0.5) is 0 Å². The van der Waals surface area contributed by atoms with Gasteiger partial charge in [-0.3, -0.25) is 0 Å². The van der Waals surface area contributed by atoms with Gasteiger partial charge in [-0.15, -0.1) is 0 Å². The second kappa shape index (κ2) is 12.8. The highest BCUT2D eigenvalue weighted by Crippen LogP contribution is 2.41. The number of fused-ring (bicyclic) bond motifs is 8. The van der Waals surface area contributed by atoms with Gasteiger partial charge in [0.05, 0.1) is 11.0 Å². The van der Waals surface area contributed by atoms with E-state index in [1.807, 2.05) is 0 Å². The molecule has 3 aromatic heterocycles. The Morgan fingerprint density at radius 1 is 0.345 bits per heavy atom. The molecular formula is C53H32N4O. The molecule has 0 atom stereocenters. The van der Waals surface area contributed by atoms with Gasteiger partial charge in [0.1, 0.15) is 11.2 Å². The molecule has 12 aromatic rings. The average Bonchev–Trinajstić information content (AvgIpc) is 3.83. The summed E-state index contributed by atoms with van der Waals surface area (Å²) in [6.45, 7) is 0. The lowest BCUT2D eigenvalue weighted by molar-refractivity contribution is 0.669. The van der Waals surface area contributed by atoms with Gasteiger partial charge in [-0.2, -0.15) is 0 Å². The van der Waals surface area contributed by atoms with E-state index in [4.69, 9.17) is 19.4 Å². The van der Waals surface area contributed by atoms with Crippen LogP contribution in [0, 0.1) is 0 Å².